The normalized spacial score (nSPS) is 31.1. The summed E-state index contributed by atoms with van der Waals surface area (Å²) >= 11 is 0. The average molecular weight is 260 g/mol. The molecule has 1 saturated carbocycles. The first-order chi connectivity index (χ1) is 8.02. The van der Waals surface area contributed by atoms with Crippen molar-refractivity contribution in [2.45, 2.75) is 36.5 Å². The van der Waals surface area contributed by atoms with Gasteiger partial charge in [0.2, 0.25) is 10.0 Å². The Balaban J connectivity index is 1.64. The molecule has 3 fully saturated rings. The third-order valence-electron chi connectivity index (χ3n) is 4.28. The van der Waals surface area contributed by atoms with E-state index >= 15 is 0 Å². The topological polar surface area (TPSA) is 72.6 Å². The van der Waals surface area contributed by atoms with Crippen molar-refractivity contribution in [1.29, 1.82) is 0 Å². The van der Waals surface area contributed by atoms with Crippen LogP contribution in [0.25, 0.3) is 0 Å². The molecule has 3 rings (SSSR count). The Labute approximate surface area is 102 Å². The van der Waals surface area contributed by atoms with Gasteiger partial charge < -0.3 is 10.5 Å². The van der Waals surface area contributed by atoms with Gasteiger partial charge in [-0.15, -0.1) is 0 Å². The fourth-order valence-electron chi connectivity index (χ4n) is 2.89. The number of nitrogens with zero attached hydrogens (tertiary/aromatic N) is 1. The summed E-state index contributed by atoms with van der Waals surface area (Å²) in [6.45, 7) is 2.18. The second-order valence-electron chi connectivity index (χ2n) is 5.63. The SMILES string of the molecule is NC1(C2CC2)CN(S(=O)(=O)C2CCOCC2)C1. The van der Waals surface area contributed by atoms with Crippen LogP contribution in [0.1, 0.15) is 25.7 Å². The molecule has 0 aromatic rings. The monoisotopic (exact) mass is 260 g/mol. The second-order valence-corrected chi connectivity index (χ2v) is 7.85. The number of hydrogen-bond donors (Lipinski definition) is 1. The molecule has 0 atom stereocenters. The Morgan fingerprint density at radius 1 is 1.12 bits per heavy atom. The molecular weight excluding hydrogens is 240 g/mol. The minimum atomic E-state index is -3.13. The van der Waals surface area contributed by atoms with Gasteiger partial charge in [-0.3, -0.25) is 0 Å². The molecule has 2 saturated heterocycles. The smallest absolute Gasteiger partial charge is 0.217 e. The van der Waals surface area contributed by atoms with E-state index < -0.39 is 10.0 Å². The van der Waals surface area contributed by atoms with Crippen LogP contribution < -0.4 is 5.73 Å². The van der Waals surface area contributed by atoms with Crippen molar-refractivity contribution >= 4 is 10.0 Å². The molecule has 0 spiro atoms. The van der Waals surface area contributed by atoms with Crippen molar-refractivity contribution in [2.75, 3.05) is 26.3 Å². The van der Waals surface area contributed by atoms with Crippen molar-refractivity contribution < 1.29 is 13.2 Å². The number of ether oxygens (including phenoxy) is 1. The molecule has 2 heterocycles. The molecule has 6 heteroatoms. The van der Waals surface area contributed by atoms with Crippen LogP contribution in [-0.2, 0) is 14.8 Å². The van der Waals surface area contributed by atoms with Gasteiger partial charge in [-0.25, -0.2) is 8.42 Å². The van der Waals surface area contributed by atoms with Gasteiger partial charge in [0.1, 0.15) is 0 Å². The molecule has 0 bridgehead atoms. The van der Waals surface area contributed by atoms with Crippen molar-refractivity contribution in [3.05, 3.63) is 0 Å². The van der Waals surface area contributed by atoms with E-state index in [-0.39, 0.29) is 10.8 Å². The van der Waals surface area contributed by atoms with E-state index in [1.165, 1.54) is 12.8 Å². The largest absolute Gasteiger partial charge is 0.381 e. The summed E-state index contributed by atoms with van der Waals surface area (Å²) in [5, 5.41) is -0.250. The molecule has 2 N–H and O–H groups in total. The molecule has 5 nitrogen and oxygen atoms in total. The molecule has 98 valence electrons. The highest BCUT2D eigenvalue weighted by Crippen LogP contribution is 2.44. The summed E-state index contributed by atoms with van der Waals surface area (Å²) in [6, 6.07) is 0. The van der Waals surface area contributed by atoms with Crippen LogP contribution in [0, 0.1) is 5.92 Å². The minimum absolute atomic E-state index is 0.224. The summed E-state index contributed by atoms with van der Waals surface area (Å²) < 4.78 is 31.4. The lowest BCUT2D eigenvalue weighted by molar-refractivity contribution is 0.0919. The predicted octanol–water partition coefficient (Wildman–Crippen LogP) is -0.0817. The van der Waals surface area contributed by atoms with Crippen molar-refractivity contribution in [3.63, 3.8) is 0 Å². The molecule has 0 unspecified atom stereocenters. The zero-order valence-corrected chi connectivity index (χ0v) is 10.8. The summed E-state index contributed by atoms with van der Waals surface area (Å²) in [7, 11) is -3.13. The third-order valence-corrected chi connectivity index (χ3v) is 6.57. The third kappa shape index (κ3) is 2.01. The highest BCUT2D eigenvalue weighted by molar-refractivity contribution is 7.89. The molecule has 2 aliphatic heterocycles. The Hall–Kier alpha value is -0.170. The maximum absolute atomic E-state index is 12.3. The quantitative estimate of drug-likeness (QED) is 0.770. The highest BCUT2D eigenvalue weighted by atomic mass is 32.2. The van der Waals surface area contributed by atoms with E-state index in [1.807, 2.05) is 0 Å². The summed E-state index contributed by atoms with van der Waals surface area (Å²) in [5.41, 5.74) is 5.97. The van der Waals surface area contributed by atoms with E-state index in [4.69, 9.17) is 10.5 Å². The van der Waals surface area contributed by atoms with Crippen LogP contribution in [0.3, 0.4) is 0 Å². The number of nitrogens with two attached hydrogens (primary N) is 1. The van der Waals surface area contributed by atoms with Crippen molar-refractivity contribution in [2.24, 2.45) is 11.7 Å². The van der Waals surface area contributed by atoms with Gasteiger partial charge in [-0.1, -0.05) is 0 Å². The van der Waals surface area contributed by atoms with Gasteiger partial charge in [-0.2, -0.15) is 4.31 Å². The van der Waals surface area contributed by atoms with Crippen LogP contribution >= 0.6 is 0 Å². The number of rotatable bonds is 3. The summed E-state index contributed by atoms with van der Waals surface area (Å²) in [5.74, 6) is 0.559. The zero-order chi connectivity index (χ0) is 12.1. The van der Waals surface area contributed by atoms with E-state index in [2.05, 4.69) is 0 Å². The second kappa shape index (κ2) is 3.91. The zero-order valence-electron chi connectivity index (χ0n) is 9.97. The lowest BCUT2D eigenvalue weighted by Crippen LogP contribution is -2.70. The van der Waals surface area contributed by atoms with E-state index in [0.717, 1.165) is 0 Å². The van der Waals surface area contributed by atoms with Crippen molar-refractivity contribution in [1.82, 2.24) is 4.31 Å². The average Bonchev–Trinajstić information content (AvgIpc) is 3.10. The first kappa shape index (κ1) is 11.9. The Bertz CT molecular complexity index is 393. The fraction of sp³-hybridized carbons (Fsp3) is 1.00. The number of sulfonamides is 1. The molecule has 0 aromatic carbocycles. The summed E-state index contributed by atoms with van der Waals surface area (Å²) in [4.78, 5) is 0. The molecule has 0 aromatic heterocycles. The first-order valence-electron chi connectivity index (χ1n) is 6.38. The molecule has 3 aliphatic rings. The van der Waals surface area contributed by atoms with E-state index in [9.17, 15) is 8.42 Å². The highest BCUT2D eigenvalue weighted by Gasteiger charge is 2.54. The first-order valence-corrected chi connectivity index (χ1v) is 7.88. The Kier molecular flexibility index (Phi) is 2.74. The van der Waals surface area contributed by atoms with Crippen LogP contribution in [-0.4, -0.2) is 49.8 Å². The minimum Gasteiger partial charge on any atom is -0.381 e. The fourth-order valence-corrected chi connectivity index (χ4v) is 4.94. The lowest BCUT2D eigenvalue weighted by Gasteiger charge is -2.48. The van der Waals surface area contributed by atoms with Gasteiger partial charge >= 0.3 is 0 Å². The molecule has 0 amide bonds. The van der Waals surface area contributed by atoms with Crippen LogP contribution in [0.4, 0.5) is 0 Å². The lowest BCUT2D eigenvalue weighted by atomic mass is 9.88. The summed E-state index contributed by atoms with van der Waals surface area (Å²) in [6.07, 6.45) is 3.59. The number of hydrogen-bond acceptors (Lipinski definition) is 4. The van der Waals surface area contributed by atoms with Crippen LogP contribution in [0.2, 0.25) is 0 Å². The van der Waals surface area contributed by atoms with Gasteiger partial charge in [0.25, 0.3) is 0 Å². The van der Waals surface area contributed by atoms with E-state index in [1.54, 1.807) is 4.31 Å². The van der Waals surface area contributed by atoms with Crippen molar-refractivity contribution in [3.8, 4) is 0 Å². The van der Waals surface area contributed by atoms with Crippen LogP contribution in [0.15, 0.2) is 0 Å². The van der Waals surface area contributed by atoms with Gasteiger partial charge in [-0.05, 0) is 31.6 Å². The molecular formula is C11H20N2O3S. The molecule has 0 radical (unpaired) electrons. The maximum Gasteiger partial charge on any atom is 0.217 e. The van der Waals surface area contributed by atoms with Crippen LogP contribution in [0.5, 0.6) is 0 Å². The van der Waals surface area contributed by atoms with Gasteiger partial charge in [0.05, 0.1) is 5.25 Å². The van der Waals surface area contributed by atoms with Gasteiger partial charge in [0, 0.05) is 31.8 Å². The van der Waals surface area contributed by atoms with E-state index in [0.29, 0.717) is 45.1 Å². The standard InChI is InChI=1S/C11H20N2O3S/c12-11(9-1-2-9)7-13(8-11)17(14,15)10-3-5-16-6-4-10/h9-10H,1-8,12H2. The predicted molar refractivity (Wildman–Crippen MR) is 64.0 cm³/mol. The van der Waals surface area contributed by atoms with Gasteiger partial charge in [0.15, 0.2) is 0 Å². The molecule has 1 aliphatic carbocycles. The maximum atomic E-state index is 12.3. The molecule has 17 heavy (non-hydrogen) atoms. The Morgan fingerprint density at radius 3 is 2.24 bits per heavy atom. The Morgan fingerprint density at radius 2 is 1.71 bits per heavy atom.